The van der Waals surface area contributed by atoms with Crippen LogP contribution in [0.5, 0.6) is 0 Å². The monoisotopic (exact) mass is 307 g/mol. The topological polar surface area (TPSA) is 83.7 Å². The Balaban J connectivity index is 2.59. The van der Waals surface area contributed by atoms with Crippen LogP contribution in [0.1, 0.15) is 13.8 Å². The van der Waals surface area contributed by atoms with Crippen molar-refractivity contribution in [2.24, 2.45) is 5.73 Å². The van der Waals surface area contributed by atoms with Crippen molar-refractivity contribution in [1.82, 2.24) is 9.80 Å². The van der Waals surface area contributed by atoms with E-state index in [0.717, 1.165) is 6.26 Å². The molecule has 0 aromatic heterocycles. The van der Waals surface area contributed by atoms with Crippen LogP contribution in [-0.4, -0.2) is 72.8 Å². The van der Waals surface area contributed by atoms with E-state index in [1.165, 1.54) is 0 Å². The minimum absolute atomic E-state index is 0.338. The molecule has 0 aliphatic carbocycles. The van der Waals surface area contributed by atoms with Gasteiger partial charge in [-0.2, -0.15) is 0 Å². The van der Waals surface area contributed by atoms with E-state index in [4.69, 9.17) is 18.0 Å². The second-order valence-electron chi connectivity index (χ2n) is 5.36. The average molecular weight is 307 g/mol. The lowest BCUT2D eigenvalue weighted by molar-refractivity contribution is -0.130. The Morgan fingerprint density at radius 1 is 1.26 bits per heavy atom. The fourth-order valence-corrected chi connectivity index (χ4v) is 2.75. The number of carbonyl (C=O) groups excluding carboxylic acids is 1. The second-order valence-corrected chi connectivity index (χ2v) is 7.94. The van der Waals surface area contributed by atoms with Gasteiger partial charge in [0.2, 0.25) is 5.91 Å². The number of amides is 1. The summed E-state index contributed by atoms with van der Waals surface area (Å²) in [5.74, 6) is -0.763. The normalized spacial score (nSPS) is 18.4. The summed E-state index contributed by atoms with van der Waals surface area (Å²) < 4.78 is 22.2. The van der Waals surface area contributed by atoms with Gasteiger partial charge in [-0.3, -0.25) is 9.69 Å². The highest BCUT2D eigenvalue weighted by Gasteiger charge is 2.33. The molecule has 1 aliphatic heterocycles. The third kappa shape index (κ3) is 4.39. The third-order valence-corrected chi connectivity index (χ3v) is 4.68. The van der Waals surface area contributed by atoms with Crippen molar-refractivity contribution < 1.29 is 13.2 Å². The lowest BCUT2D eigenvalue weighted by Crippen LogP contribution is -2.60. The highest BCUT2D eigenvalue weighted by Crippen LogP contribution is 2.17. The van der Waals surface area contributed by atoms with Gasteiger partial charge in [0.15, 0.2) is 9.84 Å². The standard InChI is InChI=1S/C11H21N3O3S2/c1-11(2,10(12)18)14-6-4-13(5-7-14)9(15)8-19(3,16)17/h4-8H2,1-3H3,(H2,12,18). The number of nitrogens with two attached hydrogens (primary N) is 1. The number of hydrogen-bond donors (Lipinski definition) is 1. The van der Waals surface area contributed by atoms with Crippen molar-refractivity contribution in [2.75, 3.05) is 38.2 Å². The zero-order valence-corrected chi connectivity index (χ0v) is 13.2. The first-order valence-corrected chi connectivity index (χ1v) is 8.51. The van der Waals surface area contributed by atoms with E-state index >= 15 is 0 Å². The summed E-state index contributed by atoms with van der Waals surface area (Å²) in [5, 5.41) is 0. The Hall–Kier alpha value is -0.730. The smallest absolute Gasteiger partial charge is 0.237 e. The predicted octanol–water partition coefficient (Wildman–Crippen LogP) is -0.760. The molecule has 0 spiro atoms. The Labute approximate surface area is 119 Å². The predicted molar refractivity (Wildman–Crippen MR) is 78.7 cm³/mol. The van der Waals surface area contributed by atoms with Gasteiger partial charge in [-0.05, 0) is 13.8 Å². The van der Waals surface area contributed by atoms with Gasteiger partial charge >= 0.3 is 0 Å². The van der Waals surface area contributed by atoms with Crippen LogP contribution in [0.15, 0.2) is 0 Å². The van der Waals surface area contributed by atoms with E-state index in [9.17, 15) is 13.2 Å². The molecule has 1 amide bonds. The molecule has 0 bridgehead atoms. The summed E-state index contributed by atoms with van der Waals surface area (Å²) in [5.41, 5.74) is 5.32. The van der Waals surface area contributed by atoms with E-state index in [1.807, 2.05) is 13.8 Å². The molecule has 110 valence electrons. The molecule has 0 aromatic carbocycles. The van der Waals surface area contributed by atoms with Crippen LogP contribution in [0.3, 0.4) is 0 Å². The number of carbonyl (C=O) groups is 1. The second kappa shape index (κ2) is 5.72. The van der Waals surface area contributed by atoms with E-state index in [0.29, 0.717) is 31.2 Å². The fraction of sp³-hybridized carbons (Fsp3) is 0.818. The van der Waals surface area contributed by atoms with Gasteiger partial charge in [0.25, 0.3) is 0 Å². The zero-order chi connectivity index (χ0) is 14.8. The van der Waals surface area contributed by atoms with Crippen molar-refractivity contribution in [3.05, 3.63) is 0 Å². The van der Waals surface area contributed by atoms with Crippen molar-refractivity contribution in [3.63, 3.8) is 0 Å². The lowest BCUT2D eigenvalue weighted by Gasteiger charge is -2.43. The van der Waals surface area contributed by atoms with Crippen molar-refractivity contribution in [2.45, 2.75) is 19.4 Å². The molecule has 0 radical (unpaired) electrons. The van der Waals surface area contributed by atoms with E-state index in [1.54, 1.807) is 4.90 Å². The van der Waals surface area contributed by atoms with Gasteiger partial charge in [-0.15, -0.1) is 0 Å². The molecule has 19 heavy (non-hydrogen) atoms. The molecule has 0 saturated carbocycles. The first kappa shape index (κ1) is 16.3. The first-order chi connectivity index (χ1) is 8.54. The minimum Gasteiger partial charge on any atom is -0.392 e. The van der Waals surface area contributed by atoms with E-state index in [-0.39, 0.29) is 11.4 Å². The quantitative estimate of drug-likeness (QED) is 0.687. The van der Waals surface area contributed by atoms with Crippen LogP contribution in [-0.2, 0) is 14.6 Å². The highest BCUT2D eigenvalue weighted by molar-refractivity contribution is 7.91. The van der Waals surface area contributed by atoms with Crippen molar-refractivity contribution in [3.8, 4) is 0 Å². The van der Waals surface area contributed by atoms with Crippen LogP contribution in [0.4, 0.5) is 0 Å². The Morgan fingerprint density at radius 3 is 2.11 bits per heavy atom. The number of nitrogens with zero attached hydrogens (tertiary/aromatic N) is 2. The number of piperazine rings is 1. The van der Waals surface area contributed by atoms with Crippen LogP contribution in [0, 0.1) is 0 Å². The summed E-state index contributed by atoms with van der Waals surface area (Å²) in [4.78, 5) is 15.9. The zero-order valence-electron chi connectivity index (χ0n) is 11.5. The molecule has 0 unspecified atom stereocenters. The molecule has 1 saturated heterocycles. The fourth-order valence-electron chi connectivity index (χ4n) is 1.99. The summed E-state index contributed by atoms with van der Waals surface area (Å²) in [7, 11) is -3.27. The average Bonchev–Trinajstić information content (AvgIpc) is 2.26. The summed E-state index contributed by atoms with van der Waals surface area (Å²) in [6.45, 7) is 6.17. The number of hydrogen-bond acceptors (Lipinski definition) is 5. The molecule has 1 fully saturated rings. The summed E-state index contributed by atoms with van der Waals surface area (Å²) >= 11 is 5.04. The molecule has 1 rings (SSSR count). The highest BCUT2D eigenvalue weighted by atomic mass is 32.2. The Bertz CT molecular complexity index is 466. The van der Waals surface area contributed by atoms with Gasteiger partial charge < -0.3 is 10.6 Å². The molecular formula is C11H21N3O3S2. The SMILES string of the molecule is CC(C)(C(N)=S)N1CCN(C(=O)CS(C)(=O)=O)CC1. The molecule has 0 atom stereocenters. The van der Waals surface area contributed by atoms with E-state index in [2.05, 4.69) is 4.90 Å². The number of sulfone groups is 1. The van der Waals surface area contributed by atoms with Crippen LogP contribution < -0.4 is 5.73 Å². The van der Waals surface area contributed by atoms with Gasteiger partial charge in [-0.25, -0.2) is 8.42 Å². The molecule has 1 heterocycles. The van der Waals surface area contributed by atoms with E-state index < -0.39 is 15.6 Å². The van der Waals surface area contributed by atoms with Gasteiger partial charge in [0.1, 0.15) is 5.75 Å². The summed E-state index contributed by atoms with van der Waals surface area (Å²) in [6, 6.07) is 0. The molecule has 1 aliphatic rings. The van der Waals surface area contributed by atoms with Crippen LogP contribution in [0.2, 0.25) is 0 Å². The third-order valence-electron chi connectivity index (χ3n) is 3.41. The van der Waals surface area contributed by atoms with Crippen LogP contribution in [0.25, 0.3) is 0 Å². The molecule has 2 N–H and O–H groups in total. The van der Waals surface area contributed by atoms with Gasteiger partial charge in [0.05, 0.1) is 10.5 Å². The Morgan fingerprint density at radius 2 is 1.74 bits per heavy atom. The van der Waals surface area contributed by atoms with Crippen LogP contribution >= 0.6 is 12.2 Å². The molecule has 6 nitrogen and oxygen atoms in total. The maximum absolute atomic E-state index is 11.8. The number of rotatable bonds is 4. The first-order valence-electron chi connectivity index (χ1n) is 6.04. The number of thiocarbonyl (C=S) groups is 1. The molecule has 0 aromatic rings. The molecular weight excluding hydrogens is 286 g/mol. The van der Waals surface area contributed by atoms with Gasteiger partial charge in [0, 0.05) is 32.4 Å². The summed E-state index contributed by atoms with van der Waals surface area (Å²) in [6.07, 6.45) is 1.07. The maximum Gasteiger partial charge on any atom is 0.237 e. The van der Waals surface area contributed by atoms with Crippen molar-refractivity contribution in [1.29, 1.82) is 0 Å². The molecule has 8 heteroatoms. The maximum atomic E-state index is 11.8. The van der Waals surface area contributed by atoms with Gasteiger partial charge in [-0.1, -0.05) is 12.2 Å². The largest absolute Gasteiger partial charge is 0.392 e. The Kier molecular flexibility index (Phi) is 4.91. The van der Waals surface area contributed by atoms with Crippen molar-refractivity contribution >= 4 is 33.0 Å². The minimum atomic E-state index is -3.27. The lowest BCUT2D eigenvalue weighted by atomic mass is 10.0.